The summed E-state index contributed by atoms with van der Waals surface area (Å²) in [5.41, 5.74) is 10.3. The second kappa shape index (κ2) is 7.07. The standard InChI is InChI=1S/C25H27N/c1-17-8-4-7-11-22(17)21-13-12-18(2)23(15-21)25-14-19(3)24(16-26-25)20-9-5-6-10-20/h4,7-8,11-16,20H,5-6,9-10H2,1-3H3. The highest BCUT2D eigenvalue weighted by Crippen LogP contribution is 2.37. The van der Waals surface area contributed by atoms with Crippen LogP contribution in [-0.4, -0.2) is 4.98 Å². The number of hydrogen-bond donors (Lipinski definition) is 0. The van der Waals surface area contributed by atoms with Crippen LogP contribution in [0.5, 0.6) is 0 Å². The summed E-state index contributed by atoms with van der Waals surface area (Å²) in [6.45, 7) is 6.60. The molecule has 0 N–H and O–H groups in total. The molecule has 0 spiro atoms. The Morgan fingerprint density at radius 3 is 2.23 bits per heavy atom. The van der Waals surface area contributed by atoms with Gasteiger partial charge in [-0.2, -0.15) is 0 Å². The van der Waals surface area contributed by atoms with Gasteiger partial charge in [0.2, 0.25) is 0 Å². The van der Waals surface area contributed by atoms with Gasteiger partial charge in [-0.15, -0.1) is 0 Å². The fourth-order valence-corrected chi connectivity index (χ4v) is 4.34. The Hall–Kier alpha value is -2.41. The molecule has 0 aliphatic heterocycles. The number of aromatic nitrogens is 1. The molecule has 3 aromatic rings. The van der Waals surface area contributed by atoms with Crippen LogP contribution in [0, 0.1) is 20.8 Å². The van der Waals surface area contributed by atoms with Gasteiger partial charge < -0.3 is 0 Å². The van der Waals surface area contributed by atoms with E-state index >= 15 is 0 Å². The molecule has 1 aliphatic rings. The van der Waals surface area contributed by atoms with Crippen LogP contribution in [0.3, 0.4) is 0 Å². The van der Waals surface area contributed by atoms with Crippen molar-refractivity contribution in [2.45, 2.75) is 52.4 Å². The minimum atomic E-state index is 0.718. The molecule has 1 nitrogen and oxygen atoms in total. The van der Waals surface area contributed by atoms with Gasteiger partial charge in [0.15, 0.2) is 0 Å². The van der Waals surface area contributed by atoms with Crippen molar-refractivity contribution in [1.82, 2.24) is 4.98 Å². The lowest BCUT2D eigenvalue weighted by molar-refractivity contribution is 0.714. The first kappa shape index (κ1) is 17.0. The molecule has 1 saturated carbocycles. The van der Waals surface area contributed by atoms with Gasteiger partial charge in [0.1, 0.15) is 0 Å². The zero-order chi connectivity index (χ0) is 18.1. The second-order valence-electron chi connectivity index (χ2n) is 7.75. The number of hydrogen-bond acceptors (Lipinski definition) is 1. The summed E-state index contributed by atoms with van der Waals surface area (Å²) in [6, 6.07) is 17.6. The molecule has 0 amide bonds. The molecule has 1 aromatic heterocycles. The van der Waals surface area contributed by atoms with Crippen molar-refractivity contribution >= 4 is 0 Å². The minimum absolute atomic E-state index is 0.718. The fourth-order valence-electron chi connectivity index (χ4n) is 4.34. The van der Waals surface area contributed by atoms with Gasteiger partial charge in [-0.3, -0.25) is 4.98 Å². The number of nitrogens with zero attached hydrogens (tertiary/aromatic N) is 1. The first-order chi connectivity index (χ1) is 12.6. The third kappa shape index (κ3) is 3.19. The Bertz CT molecular complexity index is 933. The van der Waals surface area contributed by atoms with Crippen molar-refractivity contribution in [1.29, 1.82) is 0 Å². The van der Waals surface area contributed by atoms with E-state index in [1.54, 1.807) is 0 Å². The Morgan fingerprint density at radius 1 is 0.769 bits per heavy atom. The molecule has 4 rings (SSSR count). The van der Waals surface area contributed by atoms with Gasteiger partial charge in [0, 0.05) is 11.8 Å². The molecule has 0 atom stereocenters. The van der Waals surface area contributed by atoms with E-state index in [1.165, 1.54) is 64.6 Å². The van der Waals surface area contributed by atoms with Crippen molar-refractivity contribution < 1.29 is 0 Å². The van der Waals surface area contributed by atoms with Crippen LogP contribution in [0.2, 0.25) is 0 Å². The van der Waals surface area contributed by atoms with E-state index in [-0.39, 0.29) is 0 Å². The average molecular weight is 341 g/mol. The van der Waals surface area contributed by atoms with E-state index in [1.807, 2.05) is 0 Å². The molecule has 1 fully saturated rings. The average Bonchev–Trinajstić information content (AvgIpc) is 3.17. The fraction of sp³-hybridized carbons (Fsp3) is 0.320. The van der Waals surface area contributed by atoms with E-state index in [2.05, 4.69) is 75.5 Å². The van der Waals surface area contributed by atoms with Gasteiger partial charge in [0.25, 0.3) is 0 Å². The van der Waals surface area contributed by atoms with Gasteiger partial charge in [-0.1, -0.05) is 49.2 Å². The highest BCUT2D eigenvalue weighted by Gasteiger charge is 2.19. The summed E-state index contributed by atoms with van der Waals surface area (Å²) in [6.07, 6.45) is 7.51. The quantitative estimate of drug-likeness (QED) is 0.500. The first-order valence-corrected chi connectivity index (χ1v) is 9.77. The Kier molecular flexibility index (Phi) is 4.63. The van der Waals surface area contributed by atoms with E-state index < -0.39 is 0 Å². The molecule has 1 heterocycles. The highest BCUT2D eigenvalue weighted by atomic mass is 14.7. The molecule has 26 heavy (non-hydrogen) atoms. The lowest BCUT2D eigenvalue weighted by Crippen LogP contribution is -1.99. The third-order valence-corrected chi connectivity index (χ3v) is 5.92. The molecule has 0 radical (unpaired) electrons. The summed E-state index contributed by atoms with van der Waals surface area (Å²) in [5, 5.41) is 0. The topological polar surface area (TPSA) is 12.9 Å². The van der Waals surface area contributed by atoms with E-state index in [0.29, 0.717) is 0 Å². The molecule has 0 bridgehead atoms. The maximum atomic E-state index is 4.87. The van der Waals surface area contributed by atoms with Crippen LogP contribution < -0.4 is 0 Å². The Balaban J connectivity index is 1.75. The van der Waals surface area contributed by atoms with Gasteiger partial charge in [-0.25, -0.2) is 0 Å². The molecule has 1 aliphatic carbocycles. The predicted octanol–water partition coefficient (Wildman–Crippen LogP) is 7.00. The van der Waals surface area contributed by atoms with E-state index in [9.17, 15) is 0 Å². The van der Waals surface area contributed by atoms with Crippen molar-refractivity contribution in [3.63, 3.8) is 0 Å². The van der Waals surface area contributed by atoms with Crippen LogP contribution in [0.15, 0.2) is 54.7 Å². The third-order valence-electron chi connectivity index (χ3n) is 5.92. The minimum Gasteiger partial charge on any atom is -0.256 e. The monoisotopic (exact) mass is 341 g/mol. The maximum Gasteiger partial charge on any atom is 0.0707 e. The smallest absolute Gasteiger partial charge is 0.0707 e. The van der Waals surface area contributed by atoms with Crippen LogP contribution in [0.4, 0.5) is 0 Å². The molecule has 0 unspecified atom stereocenters. The number of benzene rings is 2. The number of pyridine rings is 1. The summed E-state index contributed by atoms with van der Waals surface area (Å²) in [5.74, 6) is 0.718. The lowest BCUT2D eigenvalue weighted by Gasteiger charge is -2.15. The summed E-state index contributed by atoms with van der Waals surface area (Å²) in [4.78, 5) is 4.87. The van der Waals surface area contributed by atoms with E-state index in [0.717, 1.165) is 11.6 Å². The summed E-state index contributed by atoms with van der Waals surface area (Å²) >= 11 is 0. The Morgan fingerprint density at radius 2 is 1.50 bits per heavy atom. The zero-order valence-corrected chi connectivity index (χ0v) is 16.0. The van der Waals surface area contributed by atoms with E-state index in [4.69, 9.17) is 4.98 Å². The van der Waals surface area contributed by atoms with Crippen molar-refractivity contribution in [3.05, 3.63) is 77.0 Å². The molecular weight excluding hydrogens is 314 g/mol. The Labute approximate surface area is 157 Å². The SMILES string of the molecule is Cc1ccccc1-c1ccc(C)c(-c2cc(C)c(C3CCCC3)cn2)c1. The van der Waals surface area contributed by atoms with Crippen LogP contribution >= 0.6 is 0 Å². The molecule has 1 heteroatoms. The summed E-state index contributed by atoms with van der Waals surface area (Å²) < 4.78 is 0. The zero-order valence-electron chi connectivity index (χ0n) is 16.0. The van der Waals surface area contributed by atoms with Crippen molar-refractivity contribution in [2.24, 2.45) is 0 Å². The van der Waals surface area contributed by atoms with Crippen LogP contribution in [0.1, 0.15) is 53.9 Å². The normalized spacial score (nSPS) is 14.7. The van der Waals surface area contributed by atoms with Crippen LogP contribution in [0.25, 0.3) is 22.4 Å². The molecule has 0 saturated heterocycles. The van der Waals surface area contributed by atoms with Crippen LogP contribution in [-0.2, 0) is 0 Å². The highest BCUT2D eigenvalue weighted by molar-refractivity contribution is 5.75. The largest absolute Gasteiger partial charge is 0.256 e. The predicted molar refractivity (Wildman–Crippen MR) is 111 cm³/mol. The number of aryl methyl sites for hydroxylation is 3. The first-order valence-electron chi connectivity index (χ1n) is 9.77. The summed E-state index contributed by atoms with van der Waals surface area (Å²) in [7, 11) is 0. The second-order valence-corrected chi connectivity index (χ2v) is 7.75. The van der Waals surface area contributed by atoms with Crippen molar-refractivity contribution in [3.8, 4) is 22.4 Å². The van der Waals surface area contributed by atoms with Gasteiger partial charge in [-0.05, 0) is 85.0 Å². The lowest BCUT2D eigenvalue weighted by atomic mass is 9.92. The van der Waals surface area contributed by atoms with Gasteiger partial charge in [0.05, 0.1) is 5.69 Å². The molecule has 132 valence electrons. The maximum absolute atomic E-state index is 4.87. The molecule has 2 aromatic carbocycles. The number of rotatable bonds is 3. The van der Waals surface area contributed by atoms with Crippen molar-refractivity contribution in [2.75, 3.05) is 0 Å². The molecular formula is C25H27N. The van der Waals surface area contributed by atoms with Gasteiger partial charge >= 0.3 is 0 Å².